The summed E-state index contributed by atoms with van der Waals surface area (Å²) in [6, 6.07) is 13.5. The fraction of sp³-hybridized carbons (Fsp3) is 0.0714. The Kier molecular flexibility index (Phi) is 3.96. The average Bonchev–Trinajstić information content (AvgIpc) is 2.38. The van der Waals surface area contributed by atoms with Crippen LogP contribution in [0.1, 0.15) is 11.1 Å². The van der Waals surface area contributed by atoms with Gasteiger partial charge in [-0.25, -0.2) is 4.39 Å². The van der Waals surface area contributed by atoms with Crippen LogP contribution in [0.15, 0.2) is 46.9 Å². The van der Waals surface area contributed by atoms with Crippen LogP contribution in [0, 0.1) is 17.1 Å². The lowest BCUT2D eigenvalue weighted by molar-refractivity contribution is 0.303. The van der Waals surface area contributed by atoms with E-state index in [0.29, 0.717) is 15.8 Å². The lowest BCUT2D eigenvalue weighted by Crippen LogP contribution is -1.98. The first-order valence-corrected chi connectivity index (χ1v) is 6.06. The maximum atomic E-state index is 12.9. The monoisotopic (exact) mass is 305 g/mol. The third-order valence-electron chi connectivity index (χ3n) is 2.41. The van der Waals surface area contributed by atoms with E-state index in [1.807, 2.05) is 12.1 Å². The van der Waals surface area contributed by atoms with E-state index in [1.54, 1.807) is 18.2 Å². The molecule has 0 aromatic heterocycles. The standard InChI is InChI=1S/C14H9BrFNO/c15-13-7-12(16)5-6-14(13)18-9-11-4-2-1-3-10(11)8-17/h1-7H,9H2. The Bertz CT molecular complexity index is 607. The Balaban J connectivity index is 2.14. The minimum atomic E-state index is -0.327. The maximum absolute atomic E-state index is 12.9. The summed E-state index contributed by atoms with van der Waals surface area (Å²) < 4.78 is 19.0. The zero-order valence-corrected chi connectivity index (χ0v) is 10.9. The van der Waals surface area contributed by atoms with Crippen molar-refractivity contribution in [2.45, 2.75) is 6.61 Å². The van der Waals surface area contributed by atoms with E-state index in [9.17, 15) is 4.39 Å². The number of hydrogen-bond donors (Lipinski definition) is 0. The quantitative estimate of drug-likeness (QED) is 0.857. The van der Waals surface area contributed by atoms with Crippen LogP contribution < -0.4 is 4.74 Å². The van der Waals surface area contributed by atoms with Gasteiger partial charge in [0.2, 0.25) is 0 Å². The summed E-state index contributed by atoms with van der Waals surface area (Å²) in [7, 11) is 0. The first kappa shape index (κ1) is 12.6. The number of rotatable bonds is 3. The maximum Gasteiger partial charge on any atom is 0.134 e. The van der Waals surface area contributed by atoms with Gasteiger partial charge in [0.1, 0.15) is 18.2 Å². The van der Waals surface area contributed by atoms with E-state index in [1.165, 1.54) is 12.1 Å². The van der Waals surface area contributed by atoms with E-state index < -0.39 is 0 Å². The van der Waals surface area contributed by atoms with Gasteiger partial charge in [-0.05, 0) is 40.2 Å². The van der Waals surface area contributed by atoms with Crippen molar-refractivity contribution in [1.29, 1.82) is 5.26 Å². The van der Waals surface area contributed by atoms with Gasteiger partial charge in [-0.1, -0.05) is 18.2 Å². The number of ether oxygens (including phenoxy) is 1. The summed E-state index contributed by atoms with van der Waals surface area (Å²) in [5.41, 5.74) is 1.38. The Hall–Kier alpha value is -1.86. The van der Waals surface area contributed by atoms with Crippen molar-refractivity contribution in [3.8, 4) is 11.8 Å². The molecule has 18 heavy (non-hydrogen) atoms. The van der Waals surface area contributed by atoms with Crippen molar-refractivity contribution in [2.75, 3.05) is 0 Å². The minimum absolute atomic E-state index is 0.272. The van der Waals surface area contributed by atoms with Gasteiger partial charge in [0.15, 0.2) is 0 Å². The Morgan fingerprint density at radius 2 is 2.00 bits per heavy atom. The molecule has 0 radical (unpaired) electrons. The molecule has 0 unspecified atom stereocenters. The summed E-state index contributed by atoms with van der Waals surface area (Å²) >= 11 is 3.23. The van der Waals surface area contributed by atoms with Crippen molar-refractivity contribution in [3.63, 3.8) is 0 Å². The molecule has 2 rings (SSSR count). The molecule has 0 spiro atoms. The number of nitriles is 1. The molecule has 0 heterocycles. The van der Waals surface area contributed by atoms with Crippen LogP contribution in [0.2, 0.25) is 0 Å². The van der Waals surface area contributed by atoms with Gasteiger partial charge in [-0.15, -0.1) is 0 Å². The first-order chi connectivity index (χ1) is 8.70. The van der Waals surface area contributed by atoms with Crippen LogP contribution in [-0.2, 0) is 6.61 Å². The van der Waals surface area contributed by atoms with Gasteiger partial charge in [0.25, 0.3) is 0 Å². The second-order valence-corrected chi connectivity index (χ2v) is 4.49. The van der Waals surface area contributed by atoms with E-state index in [4.69, 9.17) is 10.00 Å². The van der Waals surface area contributed by atoms with Crippen LogP contribution in [0.25, 0.3) is 0 Å². The summed E-state index contributed by atoms with van der Waals surface area (Å²) in [4.78, 5) is 0. The molecule has 0 aliphatic heterocycles. The van der Waals surface area contributed by atoms with E-state index in [-0.39, 0.29) is 12.4 Å². The second-order valence-electron chi connectivity index (χ2n) is 3.63. The lowest BCUT2D eigenvalue weighted by atomic mass is 10.1. The second kappa shape index (κ2) is 5.65. The molecule has 0 saturated heterocycles. The van der Waals surface area contributed by atoms with Crippen molar-refractivity contribution in [2.24, 2.45) is 0 Å². The Labute approximate surface area is 113 Å². The Morgan fingerprint density at radius 3 is 2.72 bits per heavy atom. The van der Waals surface area contributed by atoms with E-state index in [2.05, 4.69) is 22.0 Å². The number of benzene rings is 2. The largest absolute Gasteiger partial charge is 0.488 e. The van der Waals surface area contributed by atoms with E-state index >= 15 is 0 Å². The number of halogens is 2. The molecular weight excluding hydrogens is 297 g/mol. The molecule has 0 aliphatic rings. The summed E-state index contributed by atoms with van der Waals surface area (Å²) in [6.45, 7) is 0.272. The van der Waals surface area contributed by atoms with Crippen molar-refractivity contribution < 1.29 is 9.13 Å². The van der Waals surface area contributed by atoms with Gasteiger partial charge in [0, 0.05) is 5.56 Å². The first-order valence-electron chi connectivity index (χ1n) is 5.26. The predicted octanol–water partition coefficient (Wildman–Crippen LogP) is 4.04. The zero-order valence-electron chi connectivity index (χ0n) is 9.36. The molecule has 0 aliphatic carbocycles. The zero-order chi connectivity index (χ0) is 13.0. The van der Waals surface area contributed by atoms with Gasteiger partial charge in [-0.2, -0.15) is 5.26 Å². The SMILES string of the molecule is N#Cc1ccccc1COc1ccc(F)cc1Br. The molecule has 0 atom stereocenters. The molecule has 2 aromatic rings. The highest BCUT2D eigenvalue weighted by Crippen LogP contribution is 2.26. The molecule has 2 aromatic carbocycles. The van der Waals surface area contributed by atoms with Crippen LogP contribution in [0.4, 0.5) is 4.39 Å². The molecule has 0 N–H and O–H groups in total. The lowest BCUT2D eigenvalue weighted by Gasteiger charge is -2.09. The average molecular weight is 306 g/mol. The molecule has 2 nitrogen and oxygen atoms in total. The highest BCUT2D eigenvalue weighted by Gasteiger charge is 2.05. The highest BCUT2D eigenvalue weighted by molar-refractivity contribution is 9.10. The molecule has 0 bridgehead atoms. The van der Waals surface area contributed by atoms with E-state index in [0.717, 1.165) is 5.56 Å². The highest BCUT2D eigenvalue weighted by atomic mass is 79.9. The summed E-state index contributed by atoms with van der Waals surface area (Å²) in [5.74, 6) is 0.218. The molecular formula is C14H9BrFNO. The smallest absolute Gasteiger partial charge is 0.134 e. The molecule has 0 amide bonds. The normalized spacial score (nSPS) is 9.83. The van der Waals surface area contributed by atoms with Gasteiger partial charge in [0.05, 0.1) is 16.1 Å². The van der Waals surface area contributed by atoms with Crippen LogP contribution >= 0.6 is 15.9 Å². The minimum Gasteiger partial charge on any atom is -0.488 e. The van der Waals surface area contributed by atoms with Crippen LogP contribution in [0.3, 0.4) is 0 Å². The Morgan fingerprint density at radius 1 is 1.22 bits per heavy atom. The number of hydrogen-bond acceptors (Lipinski definition) is 2. The molecule has 4 heteroatoms. The van der Waals surface area contributed by atoms with Crippen molar-refractivity contribution >= 4 is 15.9 Å². The summed E-state index contributed by atoms with van der Waals surface area (Å²) in [6.07, 6.45) is 0. The topological polar surface area (TPSA) is 33.0 Å². The van der Waals surface area contributed by atoms with Crippen LogP contribution in [0.5, 0.6) is 5.75 Å². The summed E-state index contributed by atoms with van der Waals surface area (Å²) in [5, 5.41) is 8.94. The van der Waals surface area contributed by atoms with Crippen LogP contribution in [-0.4, -0.2) is 0 Å². The molecule has 0 fully saturated rings. The third kappa shape index (κ3) is 2.88. The van der Waals surface area contributed by atoms with Crippen molar-refractivity contribution in [3.05, 3.63) is 63.9 Å². The fourth-order valence-electron chi connectivity index (χ4n) is 1.50. The molecule has 0 saturated carbocycles. The predicted molar refractivity (Wildman–Crippen MR) is 69.6 cm³/mol. The number of nitrogens with zero attached hydrogens (tertiary/aromatic N) is 1. The molecule has 90 valence electrons. The fourth-order valence-corrected chi connectivity index (χ4v) is 1.97. The van der Waals surface area contributed by atoms with Gasteiger partial charge >= 0.3 is 0 Å². The van der Waals surface area contributed by atoms with Gasteiger partial charge < -0.3 is 4.74 Å². The van der Waals surface area contributed by atoms with Gasteiger partial charge in [-0.3, -0.25) is 0 Å². The van der Waals surface area contributed by atoms with Crippen molar-refractivity contribution in [1.82, 2.24) is 0 Å². The third-order valence-corrected chi connectivity index (χ3v) is 3.03.